The summed E-state index contributed by atoms with van der Waals surface area (Å²) in [5, 5.41) is 6.25. The number of rotatable bonds is 3. The van der Waals surface area contributed by atoms with Crippen molar-refractivity contribution in [1.29, 1.82) is 0 Å². The Bertz CT molecular complexity index is 577. The Morgan fingerprint density at radius 3 is 3.19 bits per heavy atom. The van der Waals surface area contributed by atoms with Gasteiger partial charge in [0.1, 0.15) is 0 Å². The number of aromatic nitrogens is 4. The normalized spacial score (nSPS) is 11.3. The second kappa shape index (κ2) is 3.73. The molecule has 0 bridgehead atoms. The number of hydrogen-bond donors (Lipinski definition) is 1. The minimum Gasteiger partial charge on any atom is -0.325 e. The minimum atomic E-state index is 0.502. The summed E-state index contributed by atoms with van der Waals surface area (Å²) in [5.74, 6) is 0. The first kappa shape index (κ1) is 9.56. The molecule has 3 aromatic rings. The molecule has 82 valence electrons. The Kier molecular flexibility index (Phi) is 2.23. The molecule has 0 radical (unpaired) electrons. The third-order valence-corrected chi connectivity index (χ3v) is 3.24. The van der Waals surface area contributed by atoms with Crippen LogP contribution in [0.4, 0.5) is 0 Å². The van der Waals surface area contributed by atoms with E-state index in [0.29, 0.717) is 13.1 Å². The zero-order valence-corrected chi connectivity index (χ0v) is 9.39. The first-order valence-electron chi connectivity index (χ1n) is 4.98. The molecule has 0 aliphatic heterocycles. The molecule has 2 N–H and O–H groups in total. The fourth-order valence-electron chi connectivity index (χ4n) is 1.68. The van der Waals surface area contributed by atoms with E-state index in [1.165, 1.54) is 0 Å². The van der Waals surface area contributed by atoms with E-state index in [9.17, 15) is 0 Å². The third-order valence-electron chi connectivity index (χ3n) is 2.47. The van der Waals surface area contributed by atoms with Crippen molar-refractivity contribution in [3.8, 4) is 0 Å². The molecule has 0 aliphatic rings. The van der Waals surface area contributed by atoms with Gasteiger partial charge in [-0.1, -0.05) is 0 Å². The Balaban J connectivity index is 1.92. The fourth-order valence-corrected chi connectivity index (χ4v) is 2.40. The Morgan fingerprint density at radius 1 is 1.44 bits per heavy atom. The van der Waals surface area contributed by atoms with Gasteiger partial charge >= 0.3 is 0 Å². The molecule has 5 nitrogen and oxygen atoms in total. The smallest absolute Gasteiger partial charge is 0.193 e. The van der Waals surface area contributed by atoms with Crippen LogP contribution in [0.25, 0.3) is 4.96 Å². The largest absolute Gasteiger partial charge is 0.325 e. The van der Waals surface area contributed by atoms with E-state index in [1.54, 1.807) is 17.5 Å². The average Bonchev–Trinajstić information content (AvgIpc) is 2.92. The molecule has 0 aliphatic carbocycles. The van der Waals surface area contributed by atoms with Crippen LogP contribution in [0.5, 0.6) is 0 Å². The highest BCUT2D eigenvalue weighted by molar-refractivity contribution is 7.15. The third kappa shape index (κ3) is 1.52. The lowest BCUT2D eigenvalue weighted by Crippen LogP contribution is -2.09. The van der Waals surface area contributed by atoms with Crippen molar-refractivity contribution >= 4 is 16.3 Å². The lowest BCUT2D eigenvalue weighted by Gasteiger charge is -2.02. The second-order valence-electron chi connectivity index (χ2n) is 3.51. The number of hydrogen-bond acceptors (Lipinski definition) is 4. The maximum Gasteiger partial charge on any atom is 0.193 e. The minimum absolute atomic E-state index is 0.502. The molecule has 16 heavy (non-hydrogen) atoms. The summed E-state index contributed by atoms with van der Waals surface area (Å²) in [6.45, 7) is 1.18. The van der Waals surface area contributed by atoms with Crippen molar-refractivity contribution in [2.24, 2.45) is 5.73 Å². The molecule has 0 spiro atoms. The molecule has 0 saturated carbocycles. The molecule has 0 fully saturated rings. The van der Waals surface area contributed by atoms with Crippen molar-refractivity contribution < 1.29 is 0 Å². The quantitative estimate of drug-likeness (QED) is 0.737. The van der Waals surface area contributed by atoms with Crippen LogP contribution < -0.4 is 5.73 Å². The van der Waals surface area contributed by atoms with Gasteiger partial charge in [-0.3, -0.25) is 9.08 Å². The van der Waals surface area contributed by atoms with Crippen LogP contribution in [-0.4, -0.2) is 19.2 Å². The lowest BCUT2D eigenvalue weighted by atomic mass is 10.4. The number of fused-ring (bicyclic) bond motifs is 1. The fraction of sp³-hybridized carbons (Fsp3) is 0.200. The van der Waals surface area contributed by atoms with Crippen LogP contribution in [-0.2, 0) is 13.1 Å². The molecule has 0 atom stereocenters. The summed E-state index contributed by atoms with van der Waals surface area (Å²) in [7, 11) is 0. The maximum absolute atomic E-state index is 5.62. The van der Waals surface area contributed by atoms with Gasteiger partial charge < -0.3 is 5.73 Å². The molecule has 0 amide bonds. The molecule has 3 heterocycles. The summed E-state index contributed by atoms with van der Waals surface area (Å²) < 4.78 is 3.90. The topological polar surface area (TPSA) is 61.1 Å². The molecule has 6 heteroatoms. The summed E-state index contributed by atoms with van der Waals surface area (Å²) in [5.41, 5.74) is 7.65. The van der Waals surface area contributed by atoms with Crippen molar-refractivity contribution in [3.05, 3.63) is 41.4 Å². The molecule has 0 aromatic carbocycles. The number of nitrogens with zero attached hydrogens (tertiary/aromatic N) is 4. The SMILES string of the molecule is NCc1ccnn1Cc1cn2ccsc2n1. The molecule has 0 saturated heterocycles. The van der Waals surface area contributed by atoms with Crippen LogP contribution in [0, 0.1) is 0 Å². The molecule has 3 rings (SSSR count). The zero-order chi connectivity index (χ0) is 11.0. The Morgan fingerprint density at radius 2 is 2.38 bits per heavy atom. The highest BCUT2D eigenvalue weighted by atomic mass is 32.1. The predicted octanol–water partition coefficient (Wildman–Crippen LogP) is 1.10. The van der Waals surface area contributed by atoms with Gasteiger partial charge in [-0.2, -0.15) is 5.10 Å². The van der Waals surface area contributed by atoms with E-state index in [2.05, 4.69) is 10.1 Å². The van der Waals surface area contributed by atoms with Gasteiger partial charge in [-0.15, -0.1) is 11.3 Å². The first-order chi connectivity index (χ1) is 7.86. The van der Waals surface area contributed by atoms with Crippen LogP contribution in [0.1, 0.15) is 11.4 Å². The number of nitrogens with two attached hydrogens (primary N) is 1. The summed E-state index contributed by atoms with van der Waals surface area (Å²) in [6.07, 6.45) is 5.79. The summed E-state index contributed by atoms with van der Waals surface area (Å²) in [6, 6.07) is 1.93. The van der Waals surface area contributed by atoms with E-state index in [0.717, 1.165) is 16.3 Å². The van der Waals surface area contributed by atoms with Gasteiger partial charge in [0.25, 0.3) is 0 Å². The standard InChI is InChI=1S/C10H11N5S/c11-5-9-1-2-12-15(9)7-8-6-14-3-4-16-10(14)13-8/h1-4,6H,5,7,11H2. The van der Waals surface area contributed by atoms with Gasteiger partial charge in [0, 0.05) is 30.5 Å². The van der Waals surface area contributed by atoms with Gasteiger partial charge in [0.2, 0.25) is 0 Å². The van der Waals surface area contributed by atoms with Gasteiger partial charge in [0.15, 0.2) is 4.96 Å². The summed E-state index contributed by atoms with van der Waals surface area (Å²) >= 11 is 1.63. The monoisotopic (exact) mass is 233 g/mol. The zero-order valence-electron chi connectivity index (χ0n) is 8.58. The summed E-state index contributed by atoms with van der Waals surface area (Å²) in [4.78, 5) is 5.51. The highest BCUT2D eigenvalue weighted by Crippen LogP contribution is 2.12. The van der Waals surface area contributed by atoms with Crippen molar-refractivity contribution in [2.75, 3.05) is 0 Å². The van der Waals surface area contributed by atoms with E-state index < -0.39 is 0 Å². The van der Waals surface area contributed by atoms with Crippen molar-refractivity contribution in [2.45, 2.75) is 13.1 Å². The predicted molar refractivity (Wildman–Crippen MR) is 62.3 cm³/mol. The average molecular weight is 233 g/mol. The molecular weight excluding hydrogens is 222 g/mol. The maximum atomic E-state index is 5.62. The van der Waals surface area contributed by atoms with E-state index >= 15 is 0 Å². The van der Waals surface area contributed by atoms with Crippen LogP contribution >= 0.6 is 11.3 Å². The Hall–Kier alpha value is -1.66. The first-order valence-corrected chi connectivity index (χ1v) is 5.86. The van der Waals surface area contributed by atoms with E-state index in [-0.39, 0.29) is 0 Å². The van der Waals surface area contributed by atoms with E-state index in [1.807, 2.05) is 32.9 Å². The van der Waals surface area contributed by atoms with E-state index in [4.69, 9.17) is 5.73 Å². The molecule has 3 aromatic heterocycles. The number of imidazole rings is 1. The lowest BCUT2D eigenvalue weighted by molar-refractivity contribution is 0.637. The molecular formula is C10H11N5S. The van der Waals surface area contributed by atoms with Crippen LogP contribution in [0.15, 0.2) is 30.0 Å². The molecule has 0 unspecified atom stereocenters. The second-order valence-corrected chi connectivity index (χ2v) is 4.38. The van der Waals surface area contributed by atoms with Crippen LogP contribution in [0.3, 0.4) is 0 Å². The van der Waals surface area contributed by atoms with Gasteiger partial charge in [-0.05, 0) is 6.07 Å². The van der Waals surface area contributed by atoms with Crippen LogP contribution in [0.2, 0.25) is 0 Å². The van der Waals surface area contributed by atoms with Crippen molar-refractivity contribution in [3.63, 3.8) is 0 Å². The number of thiazole rings is 1. The van der Waals surface area contributed by atoms with Gasteiger partial charge in [-0.25, -0.2) is 4.98 Å². The van der Waals surface area contributed by atoms with Gasteiger partial charge in [0.05, 0.1) is 17.9 Å². The highest BCUT2D eigenvalue weighted by Gasteiger charge is 2.06. The van der Waals surface area contributed by atoms with Crippen molar-refractivity contribution in [1.82, 2.24) is 19.2 Å². The Labute approximate surface area is 96.1 Å².